The molecule has 1 atom stereocenters. The Hall–Kier alpha value is -2.21. The SMILES string of the molecule is CC1CC(=O)N(Cc2ccccc2CC(=O)NN)C1=O. The predicted octanol–water partition coefficient (Wildman–Crippen LogP) is 0.114. The van der Waals surface area contributed by atoms with Crippen LogP contribution in [0.5, 0.6) is 0 Å². The average molecular weight is 275 g/mol. The van der Waals surface area contributed by atoms with Gasteiger partial charge in [-0.3, -0.25) is 24.7 Å². The highest BCUT2D eigenvalue weighted by atomic mass is 16.2. The number of imide groups is 1. The van der Waals surface area contributed by atoms with E-state index in [2.05, 4.69) is 5.43 Å². The highest BCUT2D eigenvalue weighted by Crippen LogP contribution is 2.22. The summed E-state index contributed by atoms with van der Waals surface area (Å²) in [4.78, 5) is 36.3. The fourth-order valence-corrected chi connectivity index (χ4v) is 2.29. The Labute approximate surface area is 116 Å². The van der Waals surface area contributed by atoms with Gasteiger partial charge in [0.15, 0.2) is 0 Å². The number of likely N-dealkylation sites (tertiary alicyclic amines) is 1. The molecule has 1 aliphatic heterocycles. The molecule has 2 rings (SSSR count). The topological polar surface area (TPSA) is 92.5 Å². The van der Waals surface area contributed by atoms with Crippen molar-refractivity contribution in [3.63, 3.8) is 0 Å². The van der Waals surface area contributed by atoms with Gasteiger partial charge in [-0.1, -0.05) is 31.2 Å². The van der Waals surface area contributed by atoms with Crippen LogP contribution >= 0.6 is 0 Å². The van der Waals surface area contributed by atoms with Gasteiger partial charge in [-0.2, -0.15) is 0 Å². The molecule has 20 heavy (non-hydrogen) atoms. The molecule has 1 aromatic carbocycles. The number of nitrogens with zero attached hydrogens (tertiary/aromatic N) is 1. The van der Waals surface area contributed by atoms with E-state index < -0.39 is 0 Å². The highest BCUT2D eigenvalue weighted by Gasteiger charge is 2.35. The first kappa shape index (κ1) is 14.2. The van der Waals surface area contributed by atoms with Gasteiger partial charge in [0.05, 0.1) is 13.0 Å². The molecule has 6 heteroatoms. The van der Waals surface area contributed by atoms with Crippen LogP contribution in [-0.2, 0) is 27.3 Å². The van der Waals surface area contributed by atoms with Crippen LogP contribution in [0.25, 0.3) is 0 Å². The minimum absolute atomic E-state index is 0.123. The number of rotatable bonds is 4. The third kappa shape index (κ3) is 2.85. The van der Waals surface area contributed by atoms with Crippen molar-refractivity contribution in [1.82, 2.24) is 10.3 Å². The van der Waals surface area contributed by atoms with Gasteiger partial charge < -0.3 is 0 Å². The average Bonchev–Trinajstić information content (AvgIpc) is 2.67. The minimum Gasteiger partial charge on any atom is -0.294 e. The van der Waals surface area contributed by atoms with Crippen LogP contribution in [0, 0.1) is 5.92 Å². The molecule has 1 aromatic rings. The molecule has 1 heterocycles. The third-order valence-electron chi connectivity index (χ3n) is 3.43. The quantitative estimate of drug-likeness (QED) is 0.353. The van der Waals surface area contributed by atoms with E-state index in [0.29, 0.717) is 0 Å². The Morgan fingerprint density at radius 1 is 1.35 bits per heavy atom. The number of hydrogen-bond acceptors (Lipinski definition) is 4. The van der Waals surface area contributed by atoms with Gasteiger partial charge in [-0.05, 0) is 11.1 Å². The summed E-state index contributed by atoms with van der Waals surface area (Å²) in [6, 6.07) is 7.22. The van der Waals surface area contributed by atoms with Gasteiger partial charge in [-0.15, -0.1) is 0 Å². The number of hydrazine groups is 1. The maximum absolute atomic E-state index is 11.9. The van der Waals surface area contributed by atoms with Crippen molar-refractivity contribution in [2.75, 3.05) is 0 Å². The number of nitrogens with one attached hydrogen (secondary N) is 1. The van der Waals surface area contributed by atoms with Crippen molar-refractivity contribution in [1.29, 1.82) is 0 Å². The molecule has 1 fully saturated rings. The number of benzene rings is 1. The Morgan fingerprint density at radius 3 is 2.55 bits per heavy atom. The Kier molecular flexibility index (Phi) is 4.14. The van der Waals surface area contributed by atoms with Gasteiger partial charge >= 0.3 is 0 Å². The summed E-state index contributed by atoms with van der Waals surface area (Å²) in [5.74, 6) is 4.18. The molecule has 6 nitrogen and oxygen atoms in total. The smallest absolute Gasteiger partial charge is 0.238 e. The van der Waals surface area contributed by atoms with E-state index in [0.717, 1.165) is 11.1 Å². The van der Waals surface area contributed by atoms with Gasteiger partial charge in [-0.25, -0.2) is 5.84 Å². The van der Waals surface area contributed by atoms with E-state index in [-0.39, 0.29) is 43.0 Å². The first-order valence-electron chi connectivity index (χ1n) is 6.43. The van der Waals surface area contributed by atoms with Crippen molar-refractivity contribution in [2.24, 2.45) is 11.8 Å². The Morgan fingerprint density at radius 2 is 2.00 bits per heavy atom. The van der Waals surface area contributed by atoms with Crippen molar-refractivity contribution in [3.8, 4) is 0 Å². The largest absolute Gasteiger partial charge is 0.294 e. The lowest BCUT2D eigenvalue weighted by Gasteiger charge is -2.17. The van der Waals surface area contributed by atoms with Gasteiger partial charge in [0, 0.05) is 12.3 Å². The van der Waals surface area contributed by atoms with E-state index in [1.807, 2.05) is 12.1 Å². The number of carbonyl (C=O) groups is 3. The number of hydrogen-bond donors (Lipinski definition) is 2. The predicted molar refractivity (Wildman–Crippen MR) is 71.8 cm³/mol. The van der Waals surface area contributed by atoms with Crippen LogP contribution in [0.15, 0.2) is 24.3 Å². The first-order valence-corrected chi connectivity index (χ1v) is 6.43. The van der Waals surface area contributed by atoms with Crippen LogP contribution in [-0.4, -0.2) is 22.6 Å². The molecular formula is C14H17N3O3. The summed E-state index contributed by atoms with van der Waals surface area (Å²) in [7, 11) is 0. The molecule has 0 spiro atoms. The molecule has 0 bridgehead atoms. The van der Waals surface area contributed by atoms with Gasteiger partial charge in [0.25, 0.3) is 0 Å². The summed E-state index contributed by atoms with van der Waals surface area (Å²) >= 11 is 0. The molecule has 0 radical (unpaired) electrons. The van der Waals surface area contributed by atoms with Crippen molar-refractivity contribution < 1.29 is 14.4 Å². The highest BCUT2D eigenvalue weighted by molar-refractivity contribution is 6.03. The van der Waals surface area contributed by atoms with Gasteiger partial charge in [0.1, 0.15) is 0 Å². The molecule has 0 saturated carbocycles. The maximum Gasteiger partial charge on any atom is 0.238 e. The maximum atomic E-state index is 11.9. The standard InChI is InChI=1S/C14H17N3O3/c1-9-6-13(19)17(14(9)20)8-11-5-3-2-4-10(11)7-12(18)16-15/h2-5,9H,6-8,15H2,1H3,(H,16,18). The zero-order valence-electron chi connectivity index (χ0n) is 11.3. The zero-order chi connectivity index (χ0) is 14.7. The fourth-order valence-electron chi connectivity index (χ4n) is 2.29. The lowest BCUT2D eigenvalue weighted by molar-refractivity contribution is -0.139. The molecule has 106 valence electrons. The van der Waals surface area contributed by atoms with Crippen LogP contribution in [0.4, 0.5) is 0 Å². The third-order valence-corrected chi connectivity index (χ3v) is 3.43. The summed E-state index contributed by atoms with van der Waals surface area (Å²) in [6.45, 7) is 1.95. The van der Waals surface area contributed by atoms with Crippen molar-refractivity contribution >= 4 is 17.7 Å². The van der Waals surface area contributed by atoms with Crippen molar-refractivity contribution in [3.05, 3.63) is 35.4 Å². The van der Waals surface area contributed by atoms with E-state index in [1.54, 1.807) is 19.1 Å². The molecule has 3 amide bonds. The second kappa shape index (κ2) is 5.83. The first-order chi connectivity index (χ1) is 9.52. The monoisotopic (exact) mass is 275 g/mol. The second-order valence-electron chi connectivity index (χ2n) is 4.94. The molecule has 0 aliphatic carbocycles. The Bertz CT molecular complexity index is 556. The summed E-state index contributed by atoms with van der Waals surface area (Å²) in [6.07, 6.45) is 0.378. The zero-order valence-corrected chi connectivity index (χ0v) is 11.3. The van der Waals surface area contributed by atoms with Crippen molar-refractivity contribution in [2.45, 2.75) is 26.3 Å². The molecule has 3 N–H and O–H groups in total. The fraction of sp³-hybridized carbons (Fsp3) is 0.357. The van der Waals surface area contributed by atoms with Crippen LogP contribution < -0.4 is 11.3 Å². The molecular weight excluding hydrogens is 258 g/mol. The van der Waals surface area contributed by atoms with E-state index in [9.17, 15) is 14.4 Å². The second-order valence-corrected chi connectivity index (χ2v) is 4.94. The molecule has 1 aliphatic rings. The lowest BCUT2D eigenvalue weighted by atomic mass is 10.0. The van der Waals surface area contributed by atoms with E-state index >= 15 is 0 Å². The van der Waals surface area contributed by atoms with E-state index in [1.165, 1.54) is 4.90 Å². The number of carbonyl (C=O) groups excluding carboxylic acids is 3. The normalized spacial score (nSPS) is 18.5. The lowest BCUT2D eigenvalue weighted by Crippen LogP contribution is -2.33. The summed E-state index contributed by atoms with van der Waals surface area (Å²) in [5, 5.41) is 0. The van der Waals surface area contributed by atoms with Crippen LogP contribution in [0.1, 0.15) is 24.5 Å². The van der Waals surface area contributed by atoms with Gasteiger partial charge in [0.2, 0.25) is 17.7 Å². The Balaban J connectivity index is 2.19. The molecule has 1 unspecified atom stereocenters. The van der Waals surface area contributed by atoms with E-state index in [4.69, 9.17) is 5.84 Å². The minimum atomic E-state index is -0.315. The van der Waals surface area contributed by atoms with Crippen LogP contribution in [0.3, 0.4) is 0 Å². The summed E-state index contributed by atoms with van der Waals surface area (Å²) in [5.41, 5.74) is 3.62. The molecule has 1 saturated heterocycles. The number of nitrogens with two attached hydrogens (primary N) is 1. The molecule has 0 aromatic heterocycles. The van der Waals surface area contributed by atoms with Crippen LogP contribution in [0.2, 0.25) is 0 Å². The number of amides is 3. The summed E-state index contributed by atoms with van der Waals surface area (Å²) < 4.78 is 0.